The Balaban J connectivity index is 2.28. The molecule has 1 heterocycles. The summed E-state index contributed by atoms with van der Waals surface area (Å²) in [6, 6.07) is 0. The Hall–Kier alpha value is -1.36. The third kappa shape index (κ3) is 2.73. The van der Waals surface area contributed by atoms with Gasteiger partial charge in [0.05, 0.1) is 13.2 Å². The average Bonchev–Trinajstić information content (AvgIpc) is 3.16. The number of aromatic nitrogens is 2. The standard InChI is InChI=1S/C15H25N3O2/c1-5-20-14(19)15(16-4,12-6-7-12)10-18-9-8-17-13(18)11(2)3/h8-9,11-12,16H,5-7,10H2,1-4H3. The maximum absolute atomic E-state index is 12.5. The van der Waals surface area contributed by atoms with E-state index >= 15 is 0 Å². The third-order valence-electron chi connectivity index (χ3n) is 4.04. The van der Waals surface area contributed by atoms with Crippen molar-refractivity contribution in [1.29, 1.82) is 0 Å². The Kier molecular flexibility index (Phi) is 4.48. The summed E-state index contributed by atoms with van der Waals surface area (Å²) in [5.41, 5.74) is -0.625. The van der Waals surface area contributed by atoms with Gasteiger partial charge < -0.3 is 14.6 Å². The summed E-state index contributed by atoms with van der Waals surface area (Å²) < 4.78 is 7.39. The summed E-state index contributed by atoms with van der Waals surface area (Å²) in [5.74, 6) is 1.55. The number of carbonyl (C=O) groups excluding carboxylic acids is 1. The molecule has 112 valence electrons. The van der Waals surface area contributed by atoms with E-state index in [-0.39, 0.29) is 5.97 Å². The van der Waals surface area contributed by atoms with Gasteiger partial charge in [-0.3, -0.25) is 0 Å². The smallest absolute Gasteiger partial charge is 0.328 e. The van der Waals surface area contributed by atoms with Crippen molar-refractivity contribution in [3.63, 3.8) is 0 Å². The number of nitrogens with one attached hydrogen (secondary N) is 1. The molecule has 1 atom stereocenters. The van der Waals surface area contributed by atoms with Gasteiger partial charge in [-0.25, -0.2) is 9.78 Å². The monoisotopic (exact) mass is 279 g/mol. The van der Waals surface area contributed by atoms with Crippen molar-refractivity contribution in [2.75, 3.05) is 13.7 Å². The number of ether oxygens (including phenoxy) is 1. The molecule has 1 unspecified atom stereocenters. The van der Waals surface area contributed by atoms with E-state index in [1.54, 1.807) is 6.20 Å². The minimum Gasteiger partial charge on any atom is -0.465 e. The molecule has 5 heteroatoms. The summed E-state index contributed by atoms with van der Waals surface area (Å²) >= 11 is 0. The lowest BCUT2D eigenvalue weighted by Gasteiger charge is -2.32. The Bertz CT molecular complexity index is 465. The number of likely N-dealkylation sites (N-methyl/N-ethyl adjacent to an activating group) is 1. The van der Waals surface area contributed by atoms with Crippen LogP contribution in [0.3, 0.4) is 0 Å². The van der Waals surface area contributed by atoms with Gasteiger partial charge in [0, 0.05) is 18.3 Å². The molecule has 0 radical (unpaired) electrons. The van der Waals surface area contributed by atoms with Crippen LogP contribution in [0.15, 0.2) is 12.4 Å². The van der Waals surface area contributed by atoms with Crippen LogP contribution in [0.25, 0.3) is 0 Å². The molecule has 0 aliphatic heterocycles. The Morgan fingerprint density at radius 3 is 2.80 bits per heavy atom. The molecule has 0 bridgehead atoms. The summed E-state index contributed by atoms with van der Waals surface area (Å²) in [7, 11) is 1.85. The molecule has 1 aliphatic rings. The van der Waals surface area contributed by atoms with E-state index in [2.05, 4.69) is 28.7 Å². The number of rotatable bonds is 7. The van der Waals surface area contributed by atoms with E-state index in [0.29, 0.717) is 25.0 Å². The highest BCUT2D eigenvalue weighted by molar-refractivity contribution is 5.81. The summed E-state index contributed by atoms with van der Waals surface area (Å²) in [4.78, 5) is 16.9. The van der Waals surface area contributed by atoms with Gasteiger partial charge in [-0.1, -0.05) is 13.8 Å². The number of hydrogen-bond acceptors (Lipinski definition) is 4. The molecule has 5 nitrogen and oxygen atoms in total. The van der Waals surface area contributed by atoms with Gasteiger partial charge in [0.1, 0.15) is 11.4 Å². The van der Waals surface area contributed by atoms with Crippen LogP contribution in [0.5, 0.6) is 0 Å². The van der Waals surface area contributed by atoms with Crippen molar-refractivity contribution in [2.24, 2.45) is 5.92 Å². The van der Waals surface area contributed by atoms with Crippen LogP contribution >= 0.6 is 0 Å². The Morgan fingerprint density at radius 2 is 2.30 bits per heavy atom. The minimum atomic E-state index is -0.625. The lowest BCUT2D eigenvalue weighted by Crippen LogP contribution is -2.56. The summed E-state index contributed by atoms with van der Waals surface area (Å²) in [5, 5.41) is 3.24. The molecule has 1 aliphatic carbocycles. The lowest BCUT2D eigenvalue weighted by atomic mass is 9.92. The third-order valence-corrected chi connectivity index (χ3v) is 4.04. The predicted molar refractivity (Wildman–Crippen MR) is 77.5 cm³/mol. The first kappa shape index (κ1) is 15.0. The number of esters is 1. The highest BCUT2D eigenvalue weighted by atomic mass is 16.5. The number of imidazole rings is 1. The van der Waals surface area contributed by atoms with Gasteiger partial charge in [-0.15, -0.1) is 0 Å². The first-order chi connectivity index (χ1) is 9.55. The highest BCUT2D eigenvalue weighted by Crippen LogP contribution is 2.41. The van der Waals surface area contributed by atoms with E-state index in [9.17, 15) is 4.79 Å². The van der Waals surface area contributed by atoms with Crippen LogP contribution in [0, 0.1) is 5.92 Å². The minimum absolute atomic E-state index is 0.145. The molecule has 0 spiro atoms. The van der Waals surface area contributed by atoms with E-state index in [0.717, 1.165) is 18.7 Å². The molecule has 1 aromatic rings. The van der Waals surface area contributed by atoms with E-state index in [4.69, 9.17) is 4.74 Å². The first-order valence-electron chi connectivity index (χ1n) is 7.42. The van der Waals surface area contributed by atoms with Crippen molar-refractivity contribution in [1.82, 2.24) is 14.9 Å². The van der Waals surface area contributed by atoms with E-state index in [1.807, 2.05) is 20.2 Å². The second-order valence-corrected chi connectivity index (χ2v) is 5.78. The lowest BCUT2D eigenvalue weighted by molar-refractivity contribution is -0.153. The molecule has 20 heavy (non-hydrogen) atoms. The molecule has 0 saturated heterocycles. The van der Waals surface area contributed by atoms with Crippen LogP contribution in [0.4, 0.5) is 0 Å². The molecule has 1 aromatic heterocycles. The number of carbonyl (C=O) groups is 1. The van der Waals surface area contributed by atoms with Crippen LogP contribution < -0.4 is 5.32 Å². The zero-order valence-corrected chi connectivity index (χ0v) is 12.8. The van der Waals surface area contributed by atoms with Gasteiger partial charge in [-0.2, -0.15) is 0 Å². The fourth-order valence-corrected chi connectivity index (χ4v) is 2.81. The molecular weight excluding hydrogens is 254 g/mol. The molecule has 2 rings (SSSR count). The Morgan fingerprint density at radius 1 is 1.60 bits per heavy atom. The molecular formula is C15H25N3O2. The SMILES string of the molecule is CCOC(=O)C(Cn1ccnc1C(C)C)(NC)C1CC1. The summed E-state index contributed by atoms with van der Waals surface area (Å²) in [6.45, 7) is 7.07. The predicted octanol–water partition coefficient (Wildman–Crippen LogP) is 1.94. The highest BCUT2D eigenvalue weighted by Gasteiger charge is 2.51. The molecule has 0 amide bonds. The van der Waals surface area contributed by atoms with Crippen molar-refractivity contribution in [3.05, 3.63) is 18.2 Å². The van der Waals surface area contributed by atoms with Crippen molar-refractivity contribution in [3.8, 4) is 0 Å². The van der Waals surface area contributed by atoms with Crippen LogP contribution in [0.2, 0.25) is 0 Å². The molecule has 1 fully saturated rings. The fourth-order valence-electron chi connectivity index (χ4n) is 2.81. The fraction of sp³-hybridized carbons (Fsp3) is 0.733. The van der Waals surface area contributed by atoms with Crippen LogP contribution in [-0.4, -0.2) is 34.7 Å². The zero-order valence-electron chi connectivity index (χ0n) is 12.8. The normalized spacial score (nSPS) is 18.1. The van der Waals surface area contributed by atoms with Gasteiger partial charge >= 0.3 is 5.97 Å². The largest absolute Gasteiger partial charge is 0.465 e. The van der Waals surface area contributed by atoms with Gasteiger partial charge in [0.2, 0.25) is 0 Å². The van der Waals surface area contributed by atoms with Crippen LogP contribution in [0.1, 0.15) is 45.4 Å². The average molecular weight is 279 g/mol. The molecule has 1 saturated carbocycles. The molecule has 0 aromatic carbocycles. The van der Waals surface area contributed by atoms with Crippen LogP contribution in [-0.2, 0) is 16.1 Å². The van der Waals surface area contributed by atoms with Crippen molar-refractivity contribution >= 4 is 5.97 Å². The maximum Gasteiger partial charge on any atom is 0.328 e. The number of hydrogen-bond donors (Lipinski definition) is 1. The summed E-state index contributed by atoms with van der Waals surface area (Å²) in [6.07, 6.45) is 5.90. The van der Waals surface area contributed by atoms with Crippen molar-refractivity contribution in [2.45, 2.75) is 51.6 Å². The maximum atomic E-state index is 12.5. The van der Waals surface area contributed by atoms with E-state index in [1.165, 1.54) is 0 Å². The quantitative estimate of drug-likeness (QED) is 0.775. The van der Waals surface area contributed by atoms with Crippen molar-refractivity contribution < 1.29 is 9.53 Å². The second kappa shape index (κ2) is 5.95. The second-order valence-electron chi connectivity index (χ2n) is 5.78. The zero-order chi connectivity index (χ0) is 14.8. The first-order valence-corrected chi connectivity index (χ1v) is 7.42. The van der Waals surface area contributed by atoms with Gasteiger partial charge in [-0.05, 0) is 32.7 Å². The van der Waals surface area contributed by atoms with Gasteiger partial charge in [0.25, 0.3) is 0 Å². The topological polar surface area (TPSA) is 56.2 Å². The number of nitrogens with zero attached hydrogens (tertiary/aromatic N) is 2. The van der Waals surface area contributed by atoms with E-state index < -0.39 is 5.54 Å². The van der Waals surface area contributed by atoms with Gasteiger partial charge in [0.15, 0.2) is 0 Å². The molecule has 1 N–H and O–H groups in total. The Labute approximate surface area is 120 Å².